The molecule has 4 aromatic carbocycles. The predicted octanol–water partition coefficient (Wildman–Crippen LogP) is 9.71. The van der Waals surface area contributed by atoms with Crippen molar-refractivity contribution in [1.82, 2.24) is 9.13 Å². The Bertz CT molecular complexity index is 2320. The summed E-state index contributed by atoms with van der Waals surface area (Å²) < 4.78 is 4.40. The van der Waals surface area contributed by atoms with E-state index in [0.717, 1.165) is 66.4 Å². The molecule has 8 nitrogen and oxygen atoms in total. The highest BCUT2D eigenvalue weighted by Gasteiger charge is 2.31. The van der Waals surface area contributed by atoms with Gasteiger partial charge in [-0.05, 0) is 6.92 Å². The Morgan fingerprint density at radius 3 is 1.02 bits per heavy atom. The zero-order valence-corrected chi connectivity index (χ0v) is 30.4. The zero-order valence-electron chi connectivity index (χ0n) is 30.4. The lowest BCUT2D eigenvalue weighted by Crippen LogP contribution is -2.35. The third-order valence-corrected chi connectivity index (χ3v) is 8.57. The third kappa shape index (κ3) is 5.14. The number of hydrogen-bond donors (Lipinski definition) is 0. The van der Waals surface area contributed by atoms with E-state index < -0.39 is 0 Å². The van der Waals surface area contributed by atoms with Gasteiger partial charge in [0.05, 0.1) is 0 Å². The molecule has 0 saturated heterocycles. The minimum Gasteiger partial charge on any atom is -0.288 e. The lowest BCUT2D eigenvalue weighted by molar-refractivity contribution is 0.454. The Labute approximate surface area is 293 Å². The van der Waals surface area contributed by atoms with Crippen LogP contribution < -0.4 is 11.0 Å². The van der Waals surface area contributed by atoms with E-state index in [4.69, 9.17) is 30.0 Å². The first-order valence-corrected chi connectivity index (χ1v) is 18.0. The number of aliphatic imine (C=N–C) groups is 4. The van der Waals surface area contributed by atoms with Gasteiger partial charge in [-0.15, -0.1) is 0 Å². The molecule has 4 aliphatic rings. The van der Waals surface area contributed by atoms with E-state index in [9.17, 15) is 0 Å². The third-order valence-electron chi connectivity index (χ3n) is 8.57. The summed E-state index contributed by atoms with van der Waals surface area (Å²) in [6.45, 7) is 18.2. The second-order valence-electron chi connectivity index (χ2n) is 10.8. The fraction of sp³-hybridized carbons (Fsp3) is 0.238. The van der Waals surface area contributed by atoms with Crippen molar-refractivity contribution < 1.29 is 0 Å². The van der Waals surface area contributed by atoms with Crippen molar-refractivity contribution in [3.8, 4) is 0 Å². The molecule has 1 unspecified atom stereocenters. The number of amidine groups is 4. The molecule has 2 aromatic heterocycles. The van der Waals surface area contributed by atoms with Crippen molar-refractivity contribution in [3.05, 3.63) is 130 Å². The average molecular weight is 661 g/mol. The van der Waals surface area contributed by atoms with Crippen molar-refractivity contribution in [2.45, 2.75) is 68.5 Å². The Balaban J connectivity index is 0.000000507. The normalized spacial score (nSPS) is 15.1. The number of benzene rings is 4. The molecule has 6 heterocycles. The Morgan fingerprint density at radius 2 is 0.660 bits per heavy atom. The van der Waals surface area contributed by atoms with Crippen LogP contribution in [0.3, 0.4) is 0 Å². The largest absolute Gasteiger partial charge is 0.288 e. The summed E-state index contributed by atoms with van der Waals surface area (Å²) in [4.78, 5) is 31.1. The lowest BCUT2D eigenvalue weighted by Gasteiger charge is -2.21. The first-order valence-electron chi connectivity index (χ1n) is 18.0. The van der Waals surface area contributed by atoms with E-state index >= 15 is 0 Å². The minimum absolute atomic E-state index is 0.275. The van der Waals surface area contributed by atoms with E-state index in [-0.39, 0.29) is 6.17 Å². The van der Waals surface area contributed by atoms with Gasteiger partial charge in [0.15, 0.2) is 23.3 Å². The molecule has 6 bridgehead atoms. The summed E-state index contributed by atoms with van der Waals surface area (Å²) in [5.41, 5.74) is 5.44. The first-order chi connectivity index (χ1) is 24.7. The van der Waals surface area contributed by atoms with Gasteiger partial charge < -0.3 is 0 Å². The predicted molar refractivity (Wildman–Crippen MR) is 210 cm³/mol. The van der Waals surface area contributed by atoms with Gasteiger partial charge in [-0.3, -0.25) is 9.13 Å². The molecule has 0 spiro atoms. The van der Waals surface area contributed by atoms with E-state index in [0.29, 0.717) is 23.3 Å². The molecule has 6 aromatic rings. The summed E-state index contributed by atoms with van der Waals surface area (Å²) in [7, 11) is 0. The van der Waals surface area contributed by atoms with Crippen LogP contribution in [0, 0.1) is 0 Å². The van der Waals surface area contributed by atoms with Gasteiger partial charge >= 0.3 is 0 Å². The van der Waals surface area contributed by atoms with Crippen LogP contribution in [0.5, 0.6) is 0 Å². The highest BCUT2D eigenvalue weighted by atomic mass is 15.3. The van der Waals surface area contributed by atoms with Crippen LogP contribution in [-0.4, -0.2) is 32.5 Å². The smallest absolute Gasteiger partial charge is 0.164 e. The van der Waals surface area contributed by atoms with Crippen LogP contribution in [0.15, 0.2) is 127 Å². The van der Waals surface area contributed by atoms with Crippen LogP contribution in [0.25, 0.3) is 21.5 Å². The summed E-state index contributed by atoms with van der Waals surface area (Å²) in [5, 5.41) is 4.00. The molecular weight excluding hydrogens is 617 g/mol. The first kappa shape index (κ1) is 34.1. The monoisotopic (exact) mass is 660 g/mol. The van der Waals surface area contributed by atoms with Crippen molar-refractivity contribution in [2.24, 2.45) is 30.0 Å². The number of aromatic nitrogens is 2. The summed E-state index contributed by atoms with van der Waals surface area (Å²) in [6, 6.07) is 33.0. The Morgan fingerprint density at radius 1 is 0.360 bits per heavy atom. The molecule has 0 N–H and O–H groups in total. The van der Waals surface area contributed by atoms with Gasteiger partial charge in [0.25, 0.3) is 0 Å². The van der Waals surface area contributed by atoms with Crippen LogP contribution >= 0.6 is 0 Å². The zero-order chi connectivity index (χ0) is 35.5. The van der Waals surface area contributed by atoms with Gasteiger partial charge in [0.1, 0.15) is 28.8 Å². The second kappa shape index (κ2) is 14.4. The maximum absolute atomic E-state index is 5.27. The van der Waals surface area contributed by atoms with Crippen molar-refractivity contribution in [3.63, 3.8) is 0 Å². The van der Waals surface area contributed by atoms with Gasteiger partial charge in [-0.25, -0.2) is 30.0 Å². The van der Waals surface area contributed by atoms with Crippen molar-refractivity contribution in [1.29, 1.82) is 0 Å². The van der Waals surface area contributed by atoms with Gasteiger partial charge in [-0.1, -0.05) is 152 Å². The van der Waals surface area contributed by atoms with E-state index in [1.54, 1.807) is 0 Å². The standard InChI is InChI=1S/C34H20N8.4C2H6/c1-18-41-31-23-14-6-7-15-24(23)33(41)39-29-21-12-4-5-13-22(21)30(36-29)40-34-26-17-9-8-16-25(26)32(42(18)34)38-28-20-11-3-2-10-19(20)27(35-28)37-31;4*1-2/h2-18H,1H3;4*1-2H3. The van der Waals surface area contributed by atoms with Crippen LogP contribution in [0.4, 0.5) is 11.6 Å². The van der Waals surface area contributed by atoms with Crippen LogP contribution in [-0.2, 0) is 0 Å². The lowest BCUT2D eigenvalue weighted by atomic mass is 10.1. The van der Waals surface area contributed by atoms with Crippen molar-refractivity contribution >= 4 is 56.5 Å². The topological polar surface area (TPSA) is 84.0 Å². The number of hydrogen-bond acceptors (Lipinski definition) is 6. The molecule has 0 amide bonds. The van der Waals surface area contributed by atoms with Crippen molar-refractivity contribution in [2.75, 3.05) is 0 Å². The summed E-state index contributed by atoms with van der Waals surface area (Å²) in [5.74, 6) is 4.17. The molecule has 50 heavy (non-hydrogen) atoms. The molecule has 0 saturated carbocycles. The molecule has 0 radical (unpaired) electrons. The summed E-state index contributed by atoms with van der Waals surface area (Å²) >= 11 is 0. The van der Waals surface area contributed by atoms with E-state index in [2.05, 4.69) is 64.6 Å². The fourth-order valence-corrected chi connectivity index (χ4v) is 6.68. The van der Waals surface area contributed by atoms with E-state index in [1.165, 1.54) is 0 Å². The quantitative estimate of drug-likeness (QED) is 0.155. The molecular formula is C42H44N8. The minimum atomic E-state index is -0.275. The Hall–Kier alpha value is -5.76. The highest BCUT2D eigenvalue weighted by molar-refractivity contribution is 6.25. The second-order valence-corrected chi connectivity index (χ2v) is 10.8. The fourth-order valence-electron chi connectivity index (χ4n) is 6.68. The molecule has 0 fully saturated rings. The number of fused-ring (bicyclic) bond motifs is 14. The molecule has 0 aliphatic carbocycles. The van der Waals surface area contributed by atoms with Crippen LogP contribution in [0.1, 0.15) is 90.7 Å². The molecule has 4 aliphatic heterocycles. The summed E-state index contributed by atoms with van der Waals surface area (Å²) in [6.07, 6.45) is -0.275. The molecule has 8 heteroatoms. The number of nitrogens with zero attached hydrogens (tertiary/aromatic N) is 8. The SMILES string of the molecule is CC.CC.CC.CC.CC1n2c3c4ccccc4c2N=C2N=C(N=c4c5ccccc5c(n41)=NC1=NC(=N3)c3ccccc31)c1ccccc12. The van der Waals surface area contributed by atoms with Gasteiger partial charge in [-0.2, -0.15) is 0 Å². The Kier molecular flexibility index (Phi) is 9.81. The maximum atomic E-state index is 5.27. The average Bonchev–Trinajstić information content (AvgIpc) is 3.91. The van der Waals surface area contributed by atoms with E-state index in [1.807, 2.05) is 104 Å². The van der Waals surface area contributed by atoms with Gasteiger partial charge in [0, 0.05) is 43.8 Å². The molecule has 1 atom stereocenters. The van der Waals surface area contributed by atoms with Gasteiger partial charge in [0.2, 0.25) is 0 Å². The molecule has 252 valence electrons. The molecule has 10 rings (SSSR count). The maximum Gasteiger partial charge on any atom is 0.164 e. The highest BCUT2D eigenvalue weighted by Crippen LogP contribution is 2.43. The van der Waals surface area contributed by atoms with Crippen LogP contribution in [0.2, 0.25) is 0 Å². The number of rotatable bonds is 0.